The van der Waals surface area contributed by atoms with Crippen molar-refractivity contribution in [3.63, 3.8) is 0 Å². The molecular formula is C17H15F2N3O2. The number of nitrogens with one attached hydrogen (secondary N) is 1. The number of halogens is 2. The maximum atomic E-state index is 13.0. The quantitative estimate of drug-likeness (QED) is 0.940. The molecule has 1 fully saturated rings. The molecule has 0 spiro atoms. The highest BCUT2D eigenvalue weighted by molar-refractivity contribution is 6.07. The van der Waals surface area contributed by atoms with Crippen molar-refractivity contribution in [1.82, 2.24) is 9.78 Å². The molecule has 2 bridgehead atoms. The third-order valence-electron chi connectivity index (χ3n) is 4.85. The van der Waals surface area contributed by atoms with E-state index in [1.165, 1.54) is 17.9 Å². The topological polar surface area (TPSA) is 64.0 Å². The van der Waals surface area contributed by atoms with Gasteiger partial charge < -0.3 is 5.32 Å². The Morgan fingerprint density at radius 1 is 1.33 bits per heavy atom. The monoisotopic (exact) mass is 331 g/mol. The van der Waals surface area contributed by atoms with E-state index in [4.69, 9.17) is 0 Å². The van der Waals surface area contributed by atoms with Gasteiger partial charge in [0, 0.05) is 30.8 Å². The highest BCUT2D eigenvalue weighted by Crippen LogP contribution is 2.52. The molecule has 2 aliphatic rings. The minimum atomic E-state index is -2.83. The Morgan fingerprint density at radius 2 is 2.08 bits per heavy atom. The lowest BCUT2D eigenvalue weighted by Crippen LogP contribution is -2.16. The number of hydrogen-bond donors (Lipinski definition) is 1. The highest BCUT2D eigenvalue weighted by atomic mass is 19.3. The van der Waals surface area contributed by atoms with Crippen molar-refractivity contribution >= 4 is 17.4 Å². The number of anilines is 1. The van der Waals surface area contributed by atoms with Crippen LogP contribution in [0.25, 0.3) is 0 Å². The van der Waals surface area contributed by atoms with Gasteiger partial charge in [-0.1, -0.05) is 12.1 Å². The number of carbonyl (C=O) groups excluding carboxylic acids is 2. The van der Waals surface area contributed by atoms with Crippen LogP contribution < -0.4 is 5.32 Å². The zero-order chi connectivity index (χ0) is 17.0. The smallest absolute Gasteiger partial charge is 0.282 e. The van der Waals surface area contributed by atoms with E-state index in [9.17, 15) is 18.4 Å². The van der Waals surface area contributed by atoms with Gasteiger partial charge in [0.15, 0.2) is 0 Å². The van der Waals surface area contributed by atoms with E-state index in [0.717, 1.165) is 24.0 Å². The predicted octanol–water partition coefficient (Wildman–Crippen LogP) is 3.15. The van der Waals surface area contributed by atoms with E-state index in [1.807, 2.05) is 6.07 Å². The number of alkyl halides is 2. The average Bonchev–Trinajstić information content (AvgIpc) is 3.19. The van der Waals surface area contributed by atoms with Crippen molar-refractivity contribution in [1.29, 1.82) is 0 Å². The van der Waals surface area contributed by atoms with Crippen LogP contribution in [-0.2, 0) is 11.8 Å². The van der Waals surface area contributed by atoms with Gasteiger partial charge in [0.25, 0.3) is 12.3 Å². The summed E-state index contributed by atoms with van der Waals surface area (Å²) >= 11 is 0. The third kappa shape index (κ3) is 2.07. The second-order valence-electron chi connectivity index (χ2n) is 6.25. The number of Topliss-reactive ketones (excluding diaryl/α,β-unsaturated/α-hetero) is 1. The number of fused-ring (bicyclic) bond motifs is 5. The highest BCUT2D eigenvalue weighted by Gasteiger charge is 2.46. The summed E-state index contributed by atoms with van der Waals surface area (Å²) in [6.07, 6.45) is 0.0630. The van der Waals surface area contributed by atoms with Gasteiger partial charge in [-0.05, 0) is 30.0 Å². The zero-order valence-corrected chi connectivity index (χ0v) is 12.9. The molecule has 1 saturated carbocycles. The first-order chi connectivity index (χ1) is 11.5. The third-order valence-corrected chi connectivity index (χ3v) is 4.85. The summed E-state index contributed by atoms with van der Waals surface area (Å²) in [5.74, 6) is -0.717. The van der Waals surface area contributed by atoms with Crippen LogP contribution in [-0.4, -0.2) is 21.5 Å². The maximum absolute atomic E-state index is 13.0. The number of carbonyl (C=O) groups is 2. The molecule has 5 nitrogen and oxygen atoms in total. The molecule has 1 heterocycles. The summed E-state index contributed by atoms with van der Waals surface area (Å²) in [5, 5.41) is 6.34. The van der Waals surface area contributed by atoms with Crippen molar-refractivity contribution in [2.75, 3.05) is 5.32 Å². The van der Waals surface area contributed by atoms with Gasteiger partial charge in [0.05, 0.1) is 5.56 Å². The first-order valence-corrected chi connectivity index (χ1v) is 7.77. The molecule has 24 heavy (non-hydrogen) atoms. The van der Waals surface area contributed by atoms with E-state index in [-0.39, 0.29) is 23.2 Å². The summed E-state index contributed by atoms with van der Waals surface area (Å²) < 4.78 is 27.3. The van der Waals surface area contributed by atoms with Crippen LogP contribution in [0.5, 0.6) is 0 Å². The first-order valence-electron chi connectivity index (χ1n) is 7.77. The zero-order valence-electron chi connectivity index (χ0n) is 12.9. The molecule has 2 atom stereocenters. The minimum absolute atomic E-state index is 0.0862. The molecule has 1 aromatic carbocycles. The van der Waals surface area contributed by atoms with Gasteiger partial charge in [-0.25, -0.2) is 8.78 Å². The lowest BCUT2D eigenvalue weighted by molar-refractivity contribution is -0.119. The van der Waals surface area contributed by atoms with Gasteiger partial charge in [-0.15, -0.1) is 0 Å². The normalized spacial score (nSPS) is 21.4. The number of nitrogens with zero attached hydrogens (tertiary/aromatic N) is 2. The van der Waals surface area contributed by atoms with Crippen LogP contribution >= 0.6 is 0 Å². The number of benzene rings is 1. The lowest BCUT2D eigenvalue weighted by Gasteiger charge is -2.17. The van der Waals surface area contributed by atoms with Crippen molar-refractivity contribution in [3.05, 3.63) is 46.8 Å². The van der Waals surface area contributed by atoms with E-state index in [1.54, 1.807) is 12.1 Å². The van der Waals surface area contributed by atoms with Crippen LogP contribution in [0.2, 0.25) is 0 Å². The fourth-order valence-electron chi connectivity index (χ4n) is 3.87. The van der Waals surface area contributed by atoms with Crippen molar-refractivity contribution in [2.24, 2.45) is 7.05 Å². The Labute approximate surface area is 136 Å². The number of hydrogen-bond acceptors (Lipinski definition) is 3. The molecular weight excluding hydrogens is 316 g/mol. The summed E-state index contributed by atoms with van der Waals surface area (Å²) in [5.41, 5.74) is 1.63. The Balaban J connectivity index is 1.69. The van der Waals surface area contributed by atoms with Crippen LogP contribution in [0.15, 0.2) is 24.4 Å². The van der Waals surface area contributed by atoms with E-state index in [2.05, 4.69) is 10.4 Å². The fourth-order valence-corrected chi connectivity index (χ4v) is 3.87. The van der Waals surface area contributed by atoms with Crippen LogP contribution in [0.1, 0.15) is 58.3 Å². The molecule has 124 valence electrons. The minimum Gasteiger partial charge on any atom is -0.322 e. The summed E-state index contributed by atoms with van der Waals surface area (Å²) in [7, 11) is 1.49. The molecule has 1 amide bonds. The summed E-state index contributed by atoms with van der Waals surface area (Å²) in [4.78, 5) is 24.7. The van der Waals surface area contributed by atoms with Gasteiger partial charge >= 0.3 is 0 Å². The SMILES string of the molecule is Cn1cc(C(=O)Nc2cccc3c2[C@H]2CC[C@@H]3C2=O)c(C(F)F)n1. The Hall–Kier alpha value is -2.57. The van der Waals surface area contributed by atoms with Crippen LogP contribution in [0, 0.1) is 0 Å². The number of rotatable bonds is 3. The maximum Gasteiger partial charge on any atom is 0.282 e. The van der Waals surface area contributed by atoms with E-state index in [0.29, 0.717) is 5.69 Å². The molecule has 2 aromatic rings. The molecule has 0 saturated heterocycles. The van der Waals surface area contributed by atoms with Crippen molar-refractivity contribution in [3.8, 4) is 0 Å². The summed E-state index contributed by atoms with van der Waals surface area (Å²) in [6, 6.07) is 5.39. The largest absolute Gasteiger partial charge is 0.322 e. The van der Waals surface area contributed by atoms with Crippen LogP contribution in [0.3, 0.4) is 0 Å². The van der Waals surface area contributed by atoms with Gasteiger partial charge in [0.2, 0.25) is 0 Å². The Morgan fingerprint density at radius 3 is 2.83 bits per heavy atom. The summed E-state index contributed by atoms with van der Waals surface area (Å²) in [6.45, 7) is 0. The lowest BCUT2D eigenvalue weighted by atomic mass is 9.90. The van der Waals surface area contributed by atoms with Crippen molar-refractivity contribution < 1.29 is 18.4 Å². The van der Waals surface area contributed by atoms with Crippen LogP contribution in [0.4, 0.5) is 14.5 Å². The number of aromatic nitrogens is 2. The molecule has 0 radical (unpaired) electrons. The standard InChI is InChI=1S/C17H15F2N3O2/c1-22-7-11(14(21-22)16(18)19)17(24)20-12-4-2-3-8-9-5-6-10(13(8)12)15(9)23/h2-4,7,9-10,16H,5-6H2,1H3,(H,20,24)/t9-,10+/m0/s1. The van der Waals surface area contributed by atoms with Crippen molar-refractivity contribution in [2.45, 2.75) is 31.1 Å². The fraction of sp³-hybridized carbons (Fsp3) is 0.353. The average molecular weight is 331 g/mol. The predicted molar refractivity (Wildman–Crippen MR) is 82.3 cm³/mol. The molecule has 7 heteroatoms. The van der Waals surface area contributed by atoms with Gasteiger partial charge in [-0.3, -0.25) is 14.3 Å². The second-order valence-corrected chi connectivity index (χ2v) is 6.25. The van der Waals surface area contributed by atoms with Gasteiger partial charge in [0.1, 0.15) is 11.5 Å². The van der Waals surface area contributed by atoms with E-state index < -0.39 is 18.0 Å². The number of amides is 1. The molecule has 0 unspecified atom stereocenters. The number of ketones is 1. The molecule has 2 aliphatic carbocycles. The molecule has 4 rings (SSSR count). The molecule has 0 aliphatic heterocycles. The number of aryl methyl sites for hydroxylation is 1. The second kappa shape index (κ2) is 5.22. The Bertz CT molecular complexity index is 860. The molecule has 1 N–H and O–H groups in total. The van der Waals surface area contributed by atoms with E-state index >= 15 is 0 Å². The van der Waals surface area contributed by atoms with Gasteiger partial charge in [-0.2, -0.15) is 5.10 Å². The first kappa shape index (κ1) is 15.0. The Kier molecular flexibility index (Phi) is 3.26. The molecule has 1 aromatic heterocycles.